The number of carbonyl (C=O) groups excluding carboxylic acids is 1. The Morgan fingerprint density at radius 3 is 2.58 bits per heavy atom. The van der Waals surface area contributed by atoms with Crippen LogP contribution in [-0.4, -0.2) is 23.2 Å². The molecule has 0 saturated heterocycles. The van der Waals surface area contributed by atoms with E-state index in [4.69, 9.17) is 4.84 Å². The molecule has 140 valence electrons. The van der Waals surface area contributed by atoms with Crippen molar-refractivity contribution >= 4 is 39.9 Å². The van der Waals surface area contributed by atoms with Gasteiger partial charge in [-0.05, 0) is 72.8 Å². The van der Waals surface area contributed by atoms with Crippen molar-refractivity contribution in [2.75, 3.05) is 11.9 Å². The normalized spacial score (nSPS) is 11.3. The van der Waals surface area contributed by atoms with Gasteiger partial charge in [0, 0.05) is 9.99 Å². The Morgan fingerprint density at radius 2 is 1.92 bits per heavy atom. The van der Waals surface area contributed by atoms with Gasteiger partial charge in [-0.2, -0.15) is 0 Å². The van der Waals surface area contributed by atoms with Gasteiger partial charge in [0.1, 0.15) is 11.6 Å². The van der Waals surface area contributed by atoms with Crippen LogP contribution in [0.3, 0.4) is 0 Å². The van der Waals surface area contributed by atoms with Crippen molar-refractivity contribution in [1.82, 2.24) is 5.48 Å². The van der Waals surface area contributed by atoms with Gasteiger partial charge in [-0.1, -0.05) is 0 Å². The van der Waals surface area contributed by atoms with Crippen LogP contribution in [0.2, 0.25) is 0 Å². The smallest absolute Gasteiger partial charge is 0.276 e. The van der Waals surface area contributed by atoms with Crippen LogP contribution in [0.1, 0.15) is 30.6 Å². The summed E-state index contributed by atoms with van der Waals surface area (Å²) in [5, 5.41) is 12.3. The van der Waals surface area contributed by atoms with Crippen LogP contribution in [0.5, 0.6) is 0 Å². The third kappa shape index (κ3) is 6.19. The van der Waals surface area contributed by atoms with Crippen molar-refractivity contribution in [3.8, 4) is 0 Å². The maximum Gasteiger partial charge on any atom is 0.276 e. The first-order valence-electron chi connectivity index (χ1n) is 7.82. The molecule has 0 fully saturated rings. The van der Waals surface area contributed by atoms with E-state index in [0.717, 1.165) is 12.1 Å². The fourth-order valence-corrected chi connectivity index (χ4v) is 2.48. The van der Waals surface area contributed by atoms with Gasteiger partial charge in [0.2, 0.25) is 0 Å². The first-order chi connectivity index (χ1) is 12.2. The van der Waals surface area contributed by atoms with E-state index in [-0.39, 0.29) is 23.5 Å². The van der Waals surface area contributed by atoms with Gasteiger partial charge in [-0.3, -0.25) is 9.63 Å². The number of hydroxylamine groups is 1. The summed E-state index contributed by atoms with van der Waals surface area (Å²) in [4.78, 5) is 17.3. The van der Waals surface area contributed by atoms with Crippen molar-refractivity contribution in [2.45, 2.75) is 25.9 Å². The van der Waals surface area contributed by atoms with Crippen LogP contribution < -0.4 is 10.8 Å². The van der Waals surface area contributed by atoms with E-state index in [2.05, 4.69) is 10.8 Å². The van der Waals surface area contributed by atoms with Crippen LogP contribution in [0.4, 0.5) is 20.2 Å². The van der Waals surface area contributed by atoms with E-state index in [1.54, 1.807) is 19.9 Å². The molecule has 8 heteroatoms. The first-order valence-corrected chi connectivity index (χ1v) is 8.90. The number of rotatable bonds is 7. The number of carbonyl (C=O) groups is 1. The molecular weight excluding hydrogens is 457 g/mol. The molecule has 2 aromatic rings. The first kappa shape index (κ1) is 20.5. The highest BCUT2D eigenvalue weighted by Crippen LogP contribution is 2.25. The number of aliphatic hydroxyl groups is 1. The summed E-state index contributed by atoms with van der Waals surface area (Å²) in [6.45, 7) is 3.34. The molecule has 0 atom stereocenters. The predicted molar refractivity (Wildman–Crippen MR) is 103 cm³/mol. The summed E-state index contributed by atoms with van der Waals surface area (Å²) < 4.78 is 28.3. The summed E-state index contributed by atoms with van der Waals surface area (Å²) >= 11 is 1.97. The quantitative estimate of drug-likeness (QED) is 0.319. The largest absolute Gasteiger partial charge is 0.390 e. The maximum atomic E-state index is 14.0. The lowest BCUT2D eigenvalue weighted by Crippen LogP contribution is -2.28. The van der Waals surface area contributed by atoms with Crippen molar-refractivity contribution < 1.29 is 23.5 Å². The zero-order chi connectivity index (χ0) is 19.3. The number of nitrogens with one attached hydrogen (secondary N) is 2. The minimum atomic E-state index is -0.921. The van der Waals surface area contributed by atoms with Gasteiger partial charge in [-0.15, -0.1) is 0 Å². The zero-order valence-electron chi connectivity index (χ0n) is 14.3. The monoisotopic (exact) mass is 476 g/mol. The van der Waals surface area contributed by atoms with Crippen molar-refractivity contribution in [3.63, 3.8) is 0 Å². The minimum Gasteiger partial charge on any atom is -0.390 e. The predicted octanol–water partition coefficient (Wildman–Crippen LogP) is 4.14. The van der Waals surface area contributed by atoms with Crippen molar-refractivity contribution in [2.24, 2.45) is 0 Å². The van der Waals surface area contributed by atoms with Crippen LogP contribution in [-0.2, 0) is 4.84 Å². The molecule has 2 rings (SSSR count). The van der Waals surface area contributed by atoms with Gasteiger partial charge in [-0.25, -0.2) is 14.3 Å². The third-order valence-electron chi connectivity index (χ3n) is 3.41. The van der Waals surface area contributed by atoms with E-state index >= 15 is 0 Å². The fourth-order valence-electron chi connectivity index (χ4n) is 2.03. The van der Waals surface area contributed by atoms with Gasteiger partial charge >= 0.3 is 0 Å². The lowest BCUT2D eigenvalue weighted by molar-refractivity contribution is -0.00569. The minimum absolute atomic E-state index is 0.0904. The average molecular weight is 476 g/mol. The zero-order valence-corrected chi connectivity index (χ0v) is 16.4. The Morgan fingerprint density at radius 1 is 1.19 bits per heavy atom. The molecular formula is C18H19F2IN2O3. The van der Waals surface area contributed by atoms with Gasteiger partial charge in [0.15, 0.2) is 0 Å². The molecule has 5 nitrogen and oxygen atoms in total. The average Bonchev–Trinajstić information content (AvgIpc) is 2.53. The Hall–Kier alpha value is -1.78. The Balaban J connectivity index is 2.12. The molecule has 2 aromatic carbocycles. The molecule has 0 aliphatic rings. The van der Waals surface area contributed by atoms with Crippen LogP contribution in [0.25, 0.3) is 0 Å². The highest BCUT2D eigenvalue weighted by atomic mass is 127. The van der Waals surface area contributed by atoms with Crippen LogP contribution in [0.15, 0.2) is 36.4 Å². The van der Waals surface area contributed by atoms with Crippen molar-refractivity contribution in [1.29, 1.82) is 0 Å². The number of benzene rings is 2. The van der Waals surface area contributed by atoms with E-state index in [0.29, 0.717) is 9.99 Å². The number of hydrogen-bond donors (Lipinski definition) is 3. The topological polar surface area (TPSA) is 70.6 Å². The van der Waals surface area contributed by atoms with Gasteiger partial charge in [0.25, 0.3) is 5.91 Å². The molecule has 0 spiro atoms. The number of amides is 1. The Labute approximate surface area is 163 Å². The molecule has 0 radical (unpaired) electrons. The number of anilines is 2. The lowest BCUT2D eigenvalue weighted by Gasteiger charge is -2.17. The van der Waals surface area contributed by atoms with E-state index < -0.39 is 23.1 Å². The summed E-state index contributed by atoms with van der Waals surface area (Å²) in [5.74, 6) is -1.71. The summed E-state index contributed by atoms with van der Waals surface area (Å²) in [5.41, 5.74) is 1.63. The summed E-state index contributed by atoms with van der Waals surface area (Å²) in [7, 11) is 0. The van der Waals surface area contributed by atoms with Crippen LogP contribution >= 0.6 is 22.6 Å². The number of halogens is 3. The molecule has 0 bridgehead atoms. The molecule has 0 aromatic heterocycles. The Bertz CT molecular complexity index is 794. The lowest BCUT2D eigenvalue weighted by atomic mass is 10.1. The number of hydrogen-bond acceptors (Lipinski definition) is 4. The van der Waals surface area contributed by atoms with Gasteiger partial charge in [0.05, 0.1) is 29.1 Å². The second kappa shape index (κ2) is 8.74. The second-order valence-corrected chi connectivity index (χ2v) is 7.53. The van der Waals surface area contributed by atoms with E-state index in [9.17, 15) is 18.7 Å². The molecule has 0 unspecified atom stereocenters. The summed E-state index contributed by atoms with van der Waals surface area (Å²) in [6, 6.07) is 8.01. The Kier molecular flexibility index (Phi) is 6.90. The molecule has 0 heterocycles. The summed E-state index contributed by atoms with van der Waals surface area (Å²) in [6.07, 6.45) is 0.315. The standard InChI is InChI=1S/C18H19F2IN2O3/c1-18(2,25)7-8-26-23-17(24)13-5-3-11(19)9-16(13)22-15-6-4-12(21)10-14(15)20/h3-6,9-10,22,25H,7-8H2,1-2H3,(H,23,24). The SMILES string of the molecule is CC(C)(O)CCONC(=O)c1ccc(F)cc1Nc1ccc(I)cc1F. The fraction of sp³-hybridized carbons (Fsp3) is 0.278. The highest BCUT2D eigenvalue weighted by molar-refractivity contribution is 14.1. The molecule has 0 aliphatic carbocycles. The molecule has 26 heavy (non-hydrogen) atoms. The van der Waals surface area contributed by atoms with Crippen LogP contribution in [0, 0.1) is 15.2 Å². The molecule has 1 amide bonds. The van der Waals surface area contributed by atoms with Crippen molar-refractivity contribution in [3.05, 3.63) is 57.2 Å². The second-order valence-electron chi connectivity index (χ2n) is 6.28. The third-order valence-corrected chi connectivity index (χ3v) is 4.08. The van der Waals surface area contributed by atoms with Gasteiger partial charge < -0.3 is 10.4 Å². The molecule has 0 saturated carbocycles. The maximum absolute atomic E-state index is 14.0. The van der Waals surface area contributed by atoms with E-state index in [1.807, 2.05) is 22.6 Å². The highest BCUT2D eigenvalue weighted by Gasteiger charge is 2.16. The van der Waals surface area contributed by atoms with E-state index in [1.165, 1.54) is 18.2 Å². The molecule has 3 N–H and O–H groups in total. The molecule has 0 aliphatic heterocycles.